The molecule has 0 radical (unpaired) electrons. The van der Waals surface area contributed by atoms with E-state index in [1.54, 1.807) is 4.90 Å². The number of hydrogen-bond acceptors (Lipinski definition) is 6. The molecular weight excluding hydrogens is 316 g/mol. The largest absolute Gasteiger partial charge is 0.433 e. The molecule has 1 aliphatic heterocycles. The first kappa shape index (κ1) is 15.4. The Hall–Kier alpha value is -2.52. The van der Waals surface area contributed by atoms with Gasteiger partial charge in [-0.15, -0.1) is 0 Å². The first-order valence-electron chi connectivity index (χ1n) is 6.80. The summed E-state index contributed by atoms with van der Waals surface area (Å²) in [7, 11) is 0. The minimum Gasteiger partial charge on any atom is -0.365 e. The topological polar surface area (TPSA) is 66.8 Å². The third-order valence-corrected chi connectivity index (χ3v) is 3.45. The lowest BCUT2D eigenvalue weighted by molar-refractivity contribution is -0.141. The average Bonchev–Trinajstić information content (AvgIpc) is 2.95. The highest BCUT2D eigenvalue weighted by molar-refractivity contribution is 5.43. The van der Waals surface area contributed by atoms with E-state index in [0.29, 0.717) is 19.5 Å². The van der Waals surface area contributed by atoms with E-state index >= 15 is 0 Å². The lowest BCUT2D eigenvalue weighted by atomic mass is 10.2. The molecule has 0 spiro atoms. The molecule has 0 aliphatic carbocycles. The number of alkyl halides is 3. The lowest BCUT2D eigenvalue weighted by Crippen LogP contribution is -2.27. The van der Waals surface area contributed by atoms with Gasteiger partial charge in [-0.2, -0.15) is 13.2 Å². The van der Waals surface area contributed by atoms with Crippen molar-refractivity contribution in [2.75, 3.05) is 23.3 Å². The summed E-state index contributed by atoms with van der Waals surface area (Å²) in [6.07, 6.45) is -0.718. The molecule has 122 valence electrons. The van der Waals surface area contributed by atoms with Crippen LogP contribution in [0.1, 0.15) is 12.1 Å². The molecule has 1 N–H and O–H groups in total. The van der Waals surface area contributed by atoms with Gasteiger partial charge in [0.05, 0.1) is 6.20 Å². The normalized spacial score (nSPS) is 18.3. The number of rotatable bonds is 3. The van der Waals surface area contributed by atoms with Crippen LogP contribution in [0.15, 0.2) is 24.9 Å². The van der Waals surface area contributed by atoms with Gasteiger partial charge < -0.3 is 10.2 Å². The van der Waals surface area contributed by atoms with E-state index in [2.05, 4.69) is 25.3 Å². The summed E-state index contributed by atoms with van der Waals surface area (Å²) in [6.45, 7) is 0.933. The molecule has 3 rings (SSSR count). The molecule has 1 saturated heterocycles. The van der Waals surface area contributed by atoms with Gasteiger partial charge in [0, 0.05) is 25.2 Å². The Morgan fingerprint density at radius 2 is 2.00 bits per heavy atom. The summed E-state index contributed by atoms with van der Waals surface area (Å²) in [5.74, 6) is -0.264. The highest BCUT2D eigenvalue weighted by Crippen LogP contribution is 2.29. The first-order valence-corrected chi connectivity index (χ1v) is 6.80. The third kappa shape index (κ3) is 3.46. The van der Waals surface area contributed by atoms with Crippen molar-refractivity contribution in [1.82, 2.24) is 19.9 Å². The fraction of sp³-hybridized carbons (Fsp3) is 0.385. The summed E-state index contributed by atoms with van der Waals surface area (Å²) >= 11 is 0. The fourth-order valence-electron chi connectivity index (χ4n) is 2.41. The zero-order valence-electron chi connectivity index (χ0n) is 11.8. The molecule has 0 amide bonds. The van der Waals surface area contributed by atoms with E-state index in [1.807, 2.05) is 0 Å². The molecule has 1 aliphatic rings. The van der Waals surface area contributed by atoms with Crippen LogP contribution in [0.5, 0.6) is 0 Å². The van der Waals surface area contributed by atoms with Crippen LogP contribution in [0.4, 0.5) is 29.2 Å². The lowest BCUT2D eigenvalue weighted by Gasteiger charge is -2.18. The molecule has 0 aromatic carbocycles. The Morgan fingerprint density at radius 1 is 1.17 bits per heavy atom. The number of hydrogen-bond donors (Lipinski definition) is 1. The van der Waals surface area contributed by atoms with E-state index < -0.39 is 17.7 Å². The standard InChI is InChI=1S/C13H12F4N6/c14-9-4-18-6-21-12(9)23-2-1-8(5-23)22-11-3-10(13(15,16)17)19-7-20-11/h3-4,6-8H,1-2,5H2,(H,19,20,22). The van der Waals surface area contributed by atoms with Gasteiger partial charge in [-0.25, -0.2) is 24.3 Å². The molecule has 3 heterocycles. The second kappa shape index (κ2) is 5.94. The predicted octanol–water partition coefficient (Wildman–Crippen LogP) is 2.12. The molecule has 1 unspecified atom stereocenters. The number of halogens is 4. The highest BCUT2D eigenvalue weighted by atomic mass is 19.4. The maximum atomic E-state index is 13.6. The fourth-order valence-corrected chi connectivity index (χ4v) is 2.41. The van der Waals surface area contributed by atoms with Crippen molar-refractivity contribution in [3.05, 3.63) is 36.4 Å². The van der Waals surface area contributed by atoms with E-state index in [1.165, 1.54) is 6.33 Å². The van der Waals surface area contributed by atoms with Gasteiger partial charge in [-0.05, 0) is 6.42 Å². The van der Waals surface area contributed by atoms with Gasteiger partial charge in [-0.1, -0.05) is 0 Å². The van der Waals surface area contributed by atoms with Crippen molar-refractivity contribution in [2.24, 2.45) is 0 Å². The van der Waals surface area contributed by atoms with Crippen molar-refractivity contribution in [1.29, 1.82) is 0 Å². The summed E-state index contributed by atoms with van der Waals surface area (Å²) in [5.41, 5.74) is -1.01. The number of nitrogens with zero attached hydrogens (tertiary/aromatic N) is 5. The van der Waals surface area contributed by atoms with Crippen LogP contribution in [0, 0.1) is 5.82 Å². The first-order chi connectivity index (χ1) is 10.9. The number of aromatic nitrogens is 4. The number of anilines is 2. The van der Waals surface area contributed by atoms with E-state index in [4.69, 9.17) is 0 Å². The molecule has 0 bridgehead atoms. The van der Waals surface area contributed by atoms with Gasteiger partial charge >= 0.3 is 6.18 Å². The van der Waals surface area contributed by atoms with Crippen LogP contribution in [-0.4, -0.2) is 39.1 Å². The Labute approximate surface area is 128 Å². The third-order valence-electron chi connectivity index (χ3n) is 3.45. The van der Waals surface area contributed by atoms with Crippen LogP contribution < -0.4 is 10.2 Å². The van der Waals surface area contributed by atoms with Crippen molar-refractivity contribution < 1.29 is 17.6 Å². The second-order valence-electron chi connectivity index (χ2n) is 5.06. The van der Waals surface area contributed by atoms with Crippen molar-refractivity contribution in [2.45, 2.75) is 18.6 Å². The van der Waals surface area contributed by atoms with Gasteiger partial charge in [-0.3, -0.25) is 0 Å². The Morgan fingerprint density at radius 3 is 2.74 bits per heavy atom. The quantitative estimate of drug-likeness (QED) is 0.871. The maximum absolute atomic E-state index is 13.6. The zero-order chi connectivity index (χ0) is 16.4. The predicted molar refractivity (Wildman–Crippen MR) is 73.3 cm³/mol. The second-order valence-corrected chi connectivity index (χ2v) is 5.06. The van der Waals surface area contributed by atoms with Gasteiger partial charge in [0.15, 0.2) is 11.6 Å². The monoisotopic (exact) mass is 328 g/mol. The molecule has 2 aromatic rings. The van der Waals surface area contributed by atoms with Crippen LogP contribution in [-0.2, 0) is 6.18 Å². The van der Waals surface area contributed by atoms with Crippen molar-refractivity contribution in [3.63, 3.8) is 0 Å². The summed E-state index contributed by atoms with van der Waals surface area (Å²) in [5, 5.41) is 2.91. The van der Waals surface area contributed by atoms with E-state index in [-0.39, 0.29) is 17.7 Å². The Bertz CT molecular complexity index is 692. The zero-order valence-corrected chi connectivity index (χ0v) is 11.8. The summed E-state index contributed by atoms with van der Waals surface area (Å²) in [4.78, 5) is 16.2. The van der Waals surface area contributed by atoms with Crippen LogP contribution in [0.3, 0.4) is 0 Å². The SMILES string of the molecule is Fc1cncnc1N1CCC(Nc2cc(C(F)(F)F)ncn2)C1. The van der Waals surface area contributed by atoms with Crippen LogP contribution >= 0.6 is 0 Å². The summed E-state index contributed by atoms with van der Waals surface area (Å²) < 4.78 is 51.5. The molecule has 1 atom stereocenters. The molecule has 23 heavy (non-hydrogen) atoms. The Kier molecular flexibility index (Phi) is 3.97. The van der Waals surface area contributed by atoms with E-state index in [9.17, 15) is 17.6 Å². The van der Waals surface area contributed by atoms with Gasteiger partial charge in [0.1, 0.15) is 24.2 Å². The maximum Gasteiger partial charge on any atom is 0.433 e. The molecule has 1 fully saturated rings. The van der Waals surface area contributed by atoms with Crippen LogP contribution in [0.2, 0.25) is 0 Å². The molecular formula is C13H12F4N6. The molecule has 2 aromatic heterocycles. The van der Waals surface area contributed by atoms with E-state index in [0.717, 1.165) is 18.6 Å². The number of nitrogens with one attached hydrogen (secondary N) is 1. The van der Waals surface area contributed by atoms with Crippen molar-refractivity contribution in [3.8, 4) is 0 Å². The average molecular weight is 328 g/mol. The molecule has 10 heteroatoms. The summed E-state index contributed by atoms with van der Waals surface area (Å²) in [6, 6.07) is 0.689. The molecule has 6 nitrogen and oxygen atoms in total. The smallest absolute Gasteiger partial charge is 0.365 e. The minimum atomic E-state index is -4.52. The highest BCUT2D eigenvalue weighted by Gasteiger charge is 2.33. The van der Waals surface area contributed by atoms with Gasteiger partial charge in [0.25, 0.3) is 0 Å². The minimum absolute atomic E-state index is 0.0855. The molecule has 0 saturated carbocycles. The van der Waals surface area contributed by atoms with Gasteiger partial charge in [0.2, 0.25) is 0 Å². The van der Waals surface area contributed by atoms with Crippen LogP contribution in [0.25, 0.3) is 0 Å². The van der Waals surface area contributed by atoms with Crippen molar-refractivity contribution >= 4 is 11.6 Å². The Balaban J connectivity index is 1.68.